The number of nitrogens with one attached hydrogen (secondary N) is 2. The fraction of sp³-hybridized carbons (Fsp3) is 0.241. The van der Waals surface area contributed by atoms with Crippen molar-refractivity contribution in [3.63, 3.8) is 0 Å². The molecule has 1 atom stereocenters. The fourth-order valence-electron chi connectivity index (χ4n) is 3.99. The van der Waals surface area contributed by atoms with Crippen LogP contribution in [0.5, 0.6) is 0 Å². The molecule has 7 nitrogen and oxygen atoms in total. The van der Waals surface area contributed by atoms with Crippen LogP contribution in [0.1, 0.15) is 46.0 Å². The number of carbonyl (C=O) groups excluding carboxylic acids is 3. The van der Waals surface area contributed by atoms with E-state index in [0.717, 1.165) is 37.7 Å². The molecule has 9 heteroatoms. The number of halogens is 1. The van der Waals surface area contributed by atoms with Gasteiger partial charge in [0.15, 0.2) is 0 Å². The van der Waals surface area contributed by atoms with Crippen LogP contribution in [0.4, 0.5) is 5.00 Å². The maximum Gasteiger partial charge on any atom is 0.330 e. The largest absolute Gasteiger partial charge is 0.463 e. The summed E-state index contributed by atoms with van der Waals surface area (Å²) in [4.78, 5) is 43.3. The molecular formula is C29H28ClN3O4S. The second-order valence-corrected chi connectivity index (χ2v) is 10.4. The number of benzene rings is 2. The van der Waals surface area contributed by atoms with Crippen LogP contribution in [0.3, 0.4) is 0 Å². The first-order valence-electron chi connectivity index (χ1n) is 12.2. The third-order valence-electron chi connectivity index (χ3n) is 6.11. The standard InChI is InChI=1S/C29H28ClN3O4S/c1-4-37-25(35)14-9-19-5-7-20(8-6-19)16-31-24(34)15-23-28(36)33-29-26(17(2)18(3)38-29)27(32-23)21-10-12-22(30)13-11-21/h5-14,23H,4,15-16H2,1-3H3,(H,31,34)(H,33,36)/b14-9+/t23-/m0/s1. The van der Waals surface area contributed by atoms with E-state index in [9.17, 15) is 14.4 Å². The molecule has 0 bridgehead atoms. The Labute approximate surface area is 230 Å². The van der Waals surface area contributed by atoms with Crippen molar-refractivity contribution in [3.8, 4) is 0 Å². The number of hydrogen-bond donors (Lipinski definition) is 2. The van der Waals surface area contributed by atoms with E-state index in [1.54, 1.807) is 25.1 Å². The minimum atomic E-state index is -0.879. The van der Waals surface area contributed by atoms with Crippen LogP contribution in [-0.2, 0) is 25.7 Å². The van der Waals surface area contributed by atoms with Gasteiger partial charge in [0.05, 0.1) is 18.7 Å². The number of rotatable bonds is 8. The van der Waals surface area contributed by atoms with Crippen molar-refractivity contribution in [1.82, 2.24) is 5.32 Å². The lowest BCUT2D eigenvalue weighted by Gasteiger charge is -2.12. The molecular weight excluding hydrogens is 522 g/mol. The smallest absolute Gasteiger partial charge is 0.330 e. The Hall–Kier alpha value is -3.75. The zero-order valence-electron chi connectivity index (χ0n) is 21.3. The number of ether oxygens (including phenoxy) is 1. The molecule has 2 heterocycles. The van der Waals surface area contributed by atoms with E-state index in [4.69, 9.17) is 21.3 Å². The maximum atomic E-state index is 13.1. The monoisotopic (exact) mass is 549 g/mol. The van der Waals surface area contributed by atoms with Gasteiger partial charge in [0.2, 0.25) is 11.8 Å². The molecule has 0 saturated carbocycles. The first-order chi connectivity index (χ1) is 18.2. The molecule has 1 aliphatic heterocycles. The molecule has 4 rings (SSSR count). The molecule has 0 spiro atoms. The summed E-state index contributed by atoms with van der Waals surface area (Å²) in [5, 5.41) is 7.20. The van der Waals surface area contributed by atoms with E-state index >= 15 is 0 Å². The highest BCUT2D eigenvalue weighted by Crippen LogP contribution is 2.36. The average Bonchev–Trinajstić information content (AvgIpc) is 3.09. The van der Waals surface area contributed by atoms with Gasteiger partial charge in [-0.25, -0.2) is 4.79 Å². The minimum absolute atomic E-state index is 0.0870. The fourth-order valence-corrected chi connectivity index (χ4v) is 5.18. The zero-order chi connectivity index (χ0) is 27.2. The summed E-state index contributed by atoms with van der Waals surface area (Å²) in [5.74, 6) is -0.994. The van der Waals surface area contributed by atoms with Crippen LogP contribution in [0, 0.1) is 13.8 Å². The van der Waals surface area contributed by atoms with Crippen molar-refractivity contribution in [3.05, 3.63) is 92.3 Å². The molecule has 0 aliphatic carbocycles. The van der Waals surface area contributed by atoms with Crippen molar-refractivity contribution in [2.24, 2.45) is 4.99 Å². The van der Waals surface area contributed by atoms with E-state index in [2.05, 4.69) is 10.6 Å². The Balaban J connectivity index is 1.46. The normalized spacial score (nSPS) is 14.9. The van der Waals surface area contributed by atoms with E-state index in [-0.39, 0.29) is 18.2 Å². The number of hydrogen-bond acceptors (Lipinski definition) is 6. The first kappa shape index (κ1) is 27.3. The van der Waals surface area contributed by atoms with Gasteiger partial charge in [0, 0.05) is 33.6 Å². The summed E-state index contributed by atoms with van der Waals surface area (Å²) in [6.07, 6.45) is 2.96. The van der Waals surface area contributed by atoms with E-state index in [1.807, 2.05) is 50.2 Å². The summed E-state index contributed by atoms with van der Waals surface area (Å²) in [7, 11) is 0. The Kier molecular flexibility index (Phi) is 8.76. The van der Waals surface area contributed by atoms with Gasteiger partial charge in [-0.2, -0.15) is 0 Å². The first-order valence-corrected chi connectivity index (χ1v) is 13.4. The Morgan fingerprint density at radius 2 is 1.84 bits per heavy atom. The predicted octanol–water partition coefficient (Wildman–Crippen LogP) is 5.46. The number of fused-ring (bicyclic) bond motifs is 1. The Morgan fingerprint density at radius 3 is 2.53 bits per heavy atom. The van der Waals surface area contributed by atoms with Crippen molar-refractivity contribution in [2.45, 2.75) is 39.8 Å². The molecule has 0 unspecified atom stereocenters. The van der Waals surface area contributed by atoms with Gasteiger partial charge < -0.3 is 15.4 Å². The number of anilines is 1. The average molecular weight is 550 g/mol. The number of nitrogens with zero attached hydrogens (tertiary/aromatic N) is 1. The SMILES string of the molecule is CCOC(=O)/C=C/c1ccc(CNC(=O)C[C@@H]2N=C(c3ccc(Cl)cc3)c3c(sc(C)c3C)NC2=O)cc1. The quantitative estimate of drug-likeness (QED) is 0.288. The number of esters is 1. The van der Waals surface area contributed by atoms with Gasteiger partial charge in [-0.15, -0.1) is 11.3 Å². The molecule has 196 valence electrons. The Morgan fingerprint density at radius 1 is 1.13 bits per heavy atom. The molecule has 1 aliphatic rings. The highest BCUT2D eigenvalue weighted by Gasteiger charge is 2.30. The second-order valence-electron chi connectivity index (χ2n) is 8.78. The van der Waals surface area contributed by atoms with Gasteiger partial charge in [0.25, 0.3) is 0 Å². The highest BCUT2D eigenvalue weighted by atomic mass is 35.5. The lowest BCUT2D eigenvalue weighted by Crippen LogP contribution is -2.33. The predicted molar refractivity (Wildman–Crippen MR) is 152 cm³/mol. The molecule has 38 heavy (non-hydrogen) atoms. The summed E-state index contributed by atoms with van der Waals surface area (Å²) >= 11 is 7.60. The topological polar surface area (TPSA) is 96.9 Å². The summed E-state index contributed by atoms with van der Waals surface area (Å²) in [6, 6.07) is 13.9. The van der Waals surface area contributed by atoms with E-state index in [0.29, 0.717) is 23.9 Å². The van der Waals surface area contributed by atoms with Gasteiger partial charge in [-0.1, -0.05) is 48.0 Å². The summed E-state index contributed by atoms with van der Waals surface area (Å²) in [6.45, 7) is 6.39. The number of aryl methyl sites for hydroxylation is 1. The van der Waals surface area contributed by atoms with Crippen molar-refractivity contribution in [1.29, 1.82) is 0 Å². The van der Waals surface area contributed by atoms with Crippen LogP contribution in [0.2, 0.25) is 5.02 Å². The molecule has 0 fully saturated rings. The molecule has 2 amide bonds. The summed E-state index contributed by atoms with van der Waals surface area (Å²) < 4.78 is 4.88. The lowest BCUT2D eigenvalue weighted by atomic mass is 10.00. The van der Waals surface area contributed by atoms with E-state index in [1.165, 1.54) is 17.4 Å². The molecule has 0 radical (unpaired) electrons. The second kappa shape index (κ2) is 12.2. The van der Waals surface area contributed by atoms with Gasteiger partial charge in [-0.05, 0) is 55.7 Å². The van der Waals surface area contributed by atoms with Crippen molar-refractivity contribution in [2.75, 3.05) is 11.9 Å². The van der Waals surface area contributed by atoms with Crippen LogP contribution in [0.15, 0.2) is 59.6 Å². The minimum Gasteiger partial charge on any atom is -0.463 e. The van der Waals surface area contributed by atoms with Crippen molar-refractivity contribution < 1.29 is 19.1 Å². The van der Waals surface area contributed by atoms with Crippen molar-refractivity contribution >= 4 is 57.5 Å². The third kappa shape index (κ3) is 6.57. The number of aliphatic imine (C=N–C) groups is 1. The van der Waals surface area contributed by atoms with Crippen LogP contribution in [-0.4, -0.2) is 36.1 Å². The molecule has 2 aromatic carbocycles. The van der Waals surface area contributed by atoms with Gasteiger partial charge in [0.1, 0.15) is 11.0 Å². The van der Waals surface area contributed by atoms with E-state index < -0.39 is 12.0 Å². The number of thiophene rings is 1. The van der Waals surface area contributed by atoms with Crippen LogP contribution in [0.25, 0.3) is 6.08 Å². The lowest BCUT2D eigenvalue weighted by molar-refractivity contribution is -0.137. The molecule has 0 saturated heterocycles. The highest BCUT2D eigenvalue weighted by molar-refractivity contribution is 7.17. The van der Waals surface area contributed by atoms with Gasteiger partial charge >= 0.3 is 5.97 Å². The third-order valence-corrected chi connectivity index (χ3v) is 7.49. The molecule has 3 aromatic rings. The molecule has 2 N–H and O–H groups in total. The zero-order valence-corrected chi connectivity index (χ0v) is 22.9. The van der Waals surface area contributed by atoms with Crippen LogP contribution >= 0.6 is 22.9 Å². The number of carbonyl (C=O) groups is 3. The summed E-state index contributed by atoms with van der Waals surface area (Å²) in [5.41, 5.74) is 5.14. The maximum absolute atomic E-state index is 13.1. The molecule has 1 aromatic heterocycles. The Bertz CT molecular complexity index is 1410. The number of amides is 2. The van der Waals surface area contributed by atoms with Crippen LogP contribution < -0.4 is 10.6 Å². The van der Waals surface area contributed by atoms with Gasteiger partial charge in [-0.3, -0.25) is 14.6 Å².